The second-order valence-corrected chi connectivity index (χ2v) is 9.49. The van der Waals surface area contributed by atoms with Gasteiger partial charge >= 0.3 is 6.09 Å². The van der Waals surface area contributed by atoms with E-state index in [2.05, 4.69) is 26.8 Å². The Morgan fingerprint density at radius 1 is 1.28 bits per heavy atom. The van der Waals surface area contributed by atoms with Crippen molar-refractivity contribution in [3.8, 4) is 5.75 Å². The molecule has 0 saturated carbocycles. The number of amides is 1. The smallest absolute Gasteiger partial charge is 0.410 e. The molecule has 0 aromatic heterocycles. The zero-order valence-electron chi connectivity index (χ0n) is 16.6. The average Bonchev–Trinajstić information content (AvgIpc) is 2.44. The highest BCUT2D eigenvalue weighted by Crippen LogP contribution is 2.56. The third kappa shape index (κ3) is 2.70. The van der Waals surface area contributed by atoms with Gasteiger partial charge in [-0.1, -0.05) is 26.8 Å². The molecule has 1 saturated heterocycles. The largest absolute Gasteiger partial charge is 0.508 e. The first-order valence-corrected chi connectivity index (χ1v) is 9.19. The topological polar surface area (TPSA) is 49.8 Å². The molecule has 138 valence electrons. The number of likely N-dealkylation sites (tertiary alicyclic amines) is 1. The maximum absolute atomic E-state index is 12.8. The SMILES string of the molecule is Cc1cc2c(cc1O)C[C@H]1N(C(=O)OC(C)(C)C)CC[C@]2(C)C1(C)C. The van der Waals surface area contributed by atoms with Crippen LogP contribution in [0.5, 0.6) is 5.75 Å². The number of benzene rings is 1. The lowest BCUT2D eigenvalue weighted by molar-refractivity contribution is -0.0521. The number of fused-ring (bicyclic) bond motifs is 4. The minimum absolute atomic E-state index is 0.0256. The Labute approximate surface area is 151 Å². The van der Waals surface area contributed by atoms with Crippen LogP contribution in [0.15, 0.2) is 12.1 Å². The lowest BCUT2D eigenvalue weighted by Gasteiger charge is -2.60. The average molecular weight is 345 g/mol. The van der Waals surface area contributed by atoms with E-state index in [0.717, 1.165) is 24.0 Å². The molecule has 1 N–H and O–H groups in total. The van der Waals surface area contributed by atoms with E-state index in [1.807, 2.05) is 38.7 Å². The number of piperidine rings is 1. The van der Waals surface area contributed by atoms with Crippen LogP contribution in [0.25, 0.3) is 0 Å². The molecular formula is C21H31NO3. The van der Waals surface area contributed by atoms with Gasteiger partial charge in [0.2, 0.25) is 0 Å². The Balaban J connectivity index is 2.04. The van der Waals surface area contributed by atoms with E-state index in [1.54, 1.807) is 0 Å². The molecule has 4 heteroatoms. The molecule has 0 spiro atoms. The molecule has 1 aliphatic carbocycles. The predicted molar refractivity (Wildman–Crippen MR) is 99.0 cm³/mol. The summed E-state index contributed by atoms with van der Waals surface area (Å²) < 4.78 is 5.66. The third-order valence-corrected chi connectivity index (χ3v) is 6.54. The van der Waals surface area contributed by atoms with Crippen molar-refractivity contribution in [2.75, 3.05) is 6.54 Å². The highest BCUT2D eigenvalue weighted by Gasteiger charge is 2.57. The predicted octanol–water partition coefficient (Wildman–Crippen LogP) is 4.55. The van der Waals surface area contributed by atoms with Crippen LogP contribution in [-0.4, -0.2) is 34.3 Å². The van der Waals surface area contributed by atoms with Gasteiger partial charge in [-0.3, -0.25) is 0 Å². The van der Waals surface area contributed by atoms with E-state index in [-0.39, 0.29) is 23.0 Å². The van der Waals surface area contributed by atoms with E-state index >= 15 is 0 Å². The quantitative estimate of drug-likeness (QED) is 0.750. The lowest BCUT2D eigenvalue weighted by atomic mass is 9.51. The second-order valence-electron chi connectivity index (χ2n) is 9.49. The number of nitrogens with zero attached hydrogens (tertiary/aromatic N) is 1. The molecule has 3 rings (SSSR count). The highest BCUT2D eigenvalue weighted by atomic mass is 16.6. The summed E-state index contributed by atoms with van der Waals surface area (Å²) in [6, 6.07) is 4.10. The number of rotatable bonds is 0. The Bertz CT molecular complexity index is 717. The van der Waals surface area contributed by atoms with Crippen LogP contribution in [-0.2, 0) is 16.6 Å². The van der Waals surface area contributed by atoms with Crippen LogP contribution in [0.3, 0.4) is 0 Å². The van der Waals surface area contributed by atoms with Crippen molar-refractivity contribution in [1.82, 2.24) is 4.90 Å². The van der Waals surface area contributed by atoms with Crippen LogP contribution >= 0.6 is 0 Å². The molecule has 2 aliphatic rings. The van der Waals surface area contributed by atoms with E-state index in [4.69, 9.17) is 4.74 Å². The van der Waals surface area contributed by atoms with Gasteiger partial charge in [-0.2, -0.15) is 0 Å². The van der Waals surface area contributed by atoms with E-state index in [0.29, 0.717) is 12.3 Å². The third-order valence-electron chi connectivity index (χ3n) is 6.54. The molecule has 25 heavy (non-hydrogen) atoms. The molecule has 0 unspecified atom stereocenters. The van der Waals surface area contributed by atoms with Crippen LogP contribution in [0.2, 0.25) is 0 Å². The highest BCUT2D eigenvalue weighted by molar-refractivity contribution is 5.69. The fourth-order valence-electron chi connectivity index (χ4n) is 4.60. The van der Waals surface area contributed by atoms with Crippen LogP contribution < -0.4 is 0 Å². The monoisotopic (exact) mass is 345 g/mol. The summed E-state index contributed by atoms with van der Waals surface area (Å²) in [6.07, 6.45) is 1.42. The Kier molecular flexibility index (Phi) is 3.90. The molecule has 2 bridgehead atoms. The molecule has 1 aliphatic heterocycles. The van der Waals surface area contributed by atoms with Gasteiger partial charge in [0.05, 0.1) is 0 Å². The zero-order valence-corrected chi connectivity index (χ0v) is 16.6. The van der Waals surface area contributed by atoms with Gasteiger partial charge in [0.15, 0.2) is 0 Å². The van der Waals surface area contributed by atoms with Crippen molar-refractivity contribution in [2.24, 2.45) is 5.41 Å². The summed E-state index contributed by atoms with van der Waals surface area (Å²) >= 11 is 0. The minimum atomic E-state index is -0.496. The van der Waals surface area contributed by atoms with Gasteiger partial charge < -0.3 is 14.7 Å². The van der Waals surface area contributed by atoms with Gasteiger partial charge in [0.25, 0.3) is 0 Å². The molecule has 1 aromatic carbocycles. The number of carbonyl (C=O) groups excluding carboxylic acids is 1. The van der Waals surface area contributed by atoms with Gasteiger partial charge in [-0.05, 0) is 68.7 Å². The molecule has 0 radical (unpaired) electrons. The van der Waals surface area contributed by atoms with E-state index in [1.165, 1.54) is 5.56 Å². The molecule has 1 heterocycles. The van der Waals surface area contributed by atoms with Crippen LogP contribution in [0, 0.1) is 12.3 Å². The first kappa shape index (κ1) is 18.1. The number of hydrogen-bond donors (Lipinski definition) is 1. The number of ether oxygens (including phenoxy) is 1. The van der Waals surface area contributed by atoms with Gasteiger partial charge in [-0.15, -0.1) is 0 Å². The van der Waals surface area contributed by atoms with Crippen LogP contribution in [0.4, 0.5) is 4.79 Å². The number of aromatic hydroxyl groups is 1. The minimum Gasteiger partial charge on any atom is -0.508 e. The van der Waals surface area contributed by atoms with Crippen molar-refractivity contribution in [3.63, 3.8) is 0 Å². The fourth-order valence-corrected chi connectivity index (χ4v) is 4.60. The molecular weight excluding hydrogens is 314 g/mol. The summed E-state index contributed by atoms with van der Waals surface area (Å²) in [7, 11) is 0. The summed E-state index contributed by atoms with van der Waals surface area (Å²) in [5.41, 5.74) is 2.81. The first-order chi connectivity index (χ1) is 11.4. The van der Waals surface area contributed by atoms with Crippen molar-refractivity contribution >= 4 is 6.09 Å². The fraction of sp³-hybridized carbons (Fsp3) is 0.667. The van der Waals surface area contributed by atoms with Crippen molar-refractivity contribution in [1.29, 1.82) is 0 Å². The van der Waals surface area contributed by atoms with E-state index in [9.17, 15) is 9.90 Å². The Morgan fingerprint density at radius 3 is 2.52 bits per heavy atom. The normalized spacial score (nSPS) is 27.6. The lowest BCUT2D eigenvalue weighted by Crippen LogP contribution is -2.65. The number of carbonyl (C=O) groups is 1. The summed E-state index contributed by atoms with van der Waals surface area (Å²) in [5.74, 6) is 0.337. The Hall–Kier alpha value is -1.71. The Morgan fingerprint density at radius 2 is 1.92 bits per heavy atom. The first-order valence-electron chi connectivity index (χ1n) is 9.19. The van der Waals surface area contributed by atoms with Crippen molar-refractivity contribution < 1.29 is 14.6 Å². The van der Waals surface area contributed by atoms with Gasteiger partial charge in [0.1, 0.15) is 11.4 Å². The van der Waals surface area contributed by atoms with Crippen molar-refractivity contribution in [2.45, 2.75) is 78.4 Å². The summed E-state index contributed by atoms with van der Waals surface area (Å²) in [6.45, 7) is 15.2. The van der Waals surface area contributed by atoms with Gasteiger partial charge in [0, 0.05) is 18.0 Å². The maximum atomic E-state index is 12.8. The number of phenols is 1. The number of aryl methyl sites for hydroxylation is 1. The molecule has 1 fully saturated rings. The second kappa shape index (κ2) is 5.39. The molecule has 2 atom stereocenters. The number of hydrogen-bond acceptors (Lipinski definition) is 3. The van der Waals surface area contributed by atoms with Crippen molar-refractivity contribution in [3.05, 3.63) is 28.8 Å². The molecule has 1 aromatic rings. The molecule has 1 amide bonds. The van der Waals surface area contributed by atoms with Crippen LogP contribution in [0.1, 0.15) is 64.7 Å². The maximum Gasteiger partial charge on any atom is 0.410 e. The number of phenolic OH excluding ortho intramolecular Hbond substituents is 1. The van der Waals surface area contributed by atoms with Gasteiger partial charge in [-0.25, -0.2) is 4.79 Å². The summed E-state index contributed by atoms with van der Waals surface area (Å²) in [5, 5.41) is 10.2. The zero-order chi connectivity index (χ0) is 18.8. The molecule has 4 nitrogen and oxygen atoms in total. The standard InChI is InChI=1S/C21H31NO3/c1-13-10-15-14(11-16(13)23)12-17-20(5,6)21(15,7)8-9-22(17)18(24)25-19(2,3)4/h10-11,17,23H,8-9,12H2,1-7H3/t17-,21+/m1/s1. The summed E-state index contributed by atoms with van der Waals surface area (Å²) in [4.78, 5) is 14.7. The van der Waals surface area contributed by atoms with E-state index < -0.39 is 5.60 Å².